The van der Waals surface area contributed by atoms with Crippen molar-refractivity contribution in [1.82, 2.24) is 13.7 Å². The molecule has 3 aromatic heterocycles. The molecule has 9 aromatic carbocycles. The first-order valence-corrected chi connectivity index (χ1v) is 17.9. The molecule has 0 saturated heterocycles. The maximum absolute atomic E-state index is 10.3. The maximum atomic E-state index is 10.3. The smallest absolute Gasteiger partial charge is 0.0645 e. The summed E-state index contributed by atoms with van der Waals surface area (Å²) in [7, 11) is 0. The lowest BCUT2D eigenvalue weighted by Gasteiger charge is -2.14. The second-order valence-electron chi connectivity index (χ2n) is 13.3. The van der Waals surface area contributed by atoms with E-state index in [1.54, 1.807) is 72.8 Å². The van der Waals surface area contributed by atoms with Crippen molar-refractivity contribution >= 4 is 65.4 Å². The third kappa shape index (κ3) is 4.66. The summed E-state index contributed by atoms with van der Waals surface area (Å²) in [6.07, 6.45) is 0. The Hall–Kier alpha value is -7.62. The summed E-state index contributed by atoms with van der Waals surface area (Å²) < 4.78 is 200. The van der Waals surface area contributed by atoms with Crippen LogP contribution in [0.25, 0.3) is 105 Å². The monoisotopic (exact) mass is 746 g/mol. The molecule has 0 atom stereocenters. The van der Waals surface area contributed by atoms with E-state index in [9.17, 15) is 20.6 Å². The van der Waals surface area contributed by atoms with E-state index in [0.717, 1.165) is 4.57 Å². The number of hydrogen-bond donors (Lipinski definition) is 0. The highest BCUT2D eigenvalue weighted by Gasteiger charge is 2.22. The van der Waals surface area contributed by atoms with Gasteiger partial charge in [0.2, 0.25) is 0 Å². The zero-order valence-electron chi connectivity index (χ0n) is 50.4. The van der Waals surface area contributed by atoms with Crippen molar-refractivity contribution in [2.45, 2.75) is 0 Å². The van der Waals surface area contributed by atoms with E-state index in [0.29, 0.717) is 16.8 Å². The molecule has 3 heterocycles. The van der Waals surface area contributed by atoms with Gasteiger partial charge in [-0.05, 0) is 83.2 Å². The number of para-hydroxylation sites is 5. The van der Waals surface area contributed by atoms with Crippen LogP contribution in [-0.2, 0) is 0 Å². The Bertz CT molecular complexity index is 4740. The molecule has 3 nitrogen and oxygen atoms in total. The van der Waals surface area contributed by atoms with Crippen LogP contribution in [0.1, 0.15) is 28.8 Å². The van der Waals surface area contributed by atoms with E-state index in [4.69, 9.17) is 8.22 Å². The largest absolute Gasteiger partial charge is 0.309 e. The highest BCUT2D eigenvalue weighted by molar-refractivity contribution is 6.19. The molecule has 0 aliphatic rings. The van der Waals surface area contributed by atoms with Gasteiger partial charge in [-0.15, -0.1) is 0 Å². The minimum atomic E-state index is -0.871. The second-order valence-corrected chi connectivity index (χ2v) is 13.3. The van der Waals surface area contributed by atoms with Crippen LogP contribution >= 0.6 is 0 Å². The van der Waals surface area contributed by atoms with Crippen LogP contribution in [0.4, 0.5) is 0 Å². The number of benzene rings is 9. The molecule has 0 aliphatic heterocycles. The first-order chi connectivity index (χ1) is 37.1. The fourth-order valence-corrected chi connectivity index (χ4v) is 7.96. The van der Waals surface area contributed by atoms with Gasteiger partial charge in [0.1, 0.15) is 0 Å². The van der Waals surface area contributed by atoms with Crippen molar-refractivity contribution < 1.29 is 28.8 Å². The van der Waals surface area contributed by atoms with Gasteiger partial charge in [-0.25, -0.2) is 0 Å². The average molecular weight is 747 g/mol. The van der Waals surface area contributed by atoms with Gasteiger partial charge in [0.15, 0.2) is 0 Å². The fraction of sp³-hybridized carbons (Fsp3) is 0. The predicted octanol–water partition coefficient (Wildman–Crippen LogP) is 14.3. The summed E-state index contributed by atoms with van der Waals surface area (Å²) in [6, 6.07) is 8.83. The van der Waals surface area contributed by atoms with Crippen molar-refractivity contribution in [3.63, 3.8) is 0 Å². The molecule has 0 N–H and O–H groups in total. The lowest BCUT2D eigenvalue weighted by molar-refractivity contribution is 1.17. The third-order valence-corrected chi connectivity index (χ3v) is 10.3. The van der Waals surface area contributed by atoms with Gasteiger partial charge in [-0.2, -0.15) is 0 Å². The Morgan fingerprint density at radius 1 is 0.316 bits per heavy atom. The second kappa shape index (κ2) is 12.5. The molecule has 266 valence electrons. The Labute approximate surface area is 359 Å². The average Bonchev–Trinajstić information content (AvgIpc) is 4.01. The van der Waals surface area contributed by atoms with Crippen molar-refractivity contribution in [3.8, 4) is 39.3 Å². The maximum Gasteiger partial charge on any atom is 0.0645 e. The van der Waals surface area contributed by atoms with E-state index in [-0.39, 0.29) is 49.3 Å². The van der Waals surface area contributed by atoms with Crippen molar-refractivity contribution in [3.05, 3.63) is 212 Å². The van der Waals surface area contributed by atoms with Gasteiger partial charge in [-0.1, -0.05) is 145 Å². The number of rotatable bonds is 5. The summed E-state index contributed by atoms with van der Waals surface area (Å²) >= 11 is 0. The zero-order chi connectivity index (χ0) is 55.7. The standard InChI is InChI=1S/C54H35N3/c1-3-17-36(18-4-1)39-21-7-11-26-45(39)56-48-29-14-9-23-42(48)53-40(25-15-30-50(53)56)37-33-34-49-44(35-37)41-22-8-12-27-46(41)57(49)52-32-16-31-51-54(52)43-24-10-13-28-47(43)55(51)38-19-5-2-6-20-38/h1-35H/i8D,9D,10D,12D,13D,14D,15D,16D,22D,23D,24D,25D,27D,28D,29D,30D,31D,32D,33D,34D,35D. The van der Waals surface area contributed by atoms with E-state index >= 15 is 0 Å². The van der Waals surface area contributed by atoms with Crippen LogP contribution in [-0.4, -0.2) is 13.7 Å². The summed E-state index contributed by atoms with van der Waals surface area (Å²) in [5.74, 6) is 0. The molecule has 0 radical (unpaired) electrons. The number of aromatic nitrogens is 3. The summed E-state index contributed by atoms with van der Waals surface area (Å²) in [5, 5.41) is -1.97. The van der Waals surface area contributed by atoms with Crippen molar-refractivity contribution in [2.24, 2.45) is 0 Å². The molecule has 0 aliphatic carbocycles. The Morgan fingerprint density at radius 3 is 1.63 bits per heavy atom. The first kappa shape index (κ1) is 17.5. The molecular weight excluding hydrogens is 691 g/mol. The highest BCUT2D eigenvalue weighted by atomic mass is 15.0. The van der Waals surface area contributed by atoms with Gasteiger partial charge in [0.25, 0.3) is 0 Å². The van der Waals surface area contributed by atoms with Crippen molar-refractivity contribution in [2.75, 3.05) is 0 Å². The fourth-order valence-electron chi connectivity index (χ4n) is 7.96. The SMILES string of the molecule is [2H]c1c([2H])c([2H])c2c(c1[2H])c1c(-n3c4c([2H])c([2H])c([2H])c([2H])c4c4c([2H])c(-c5c([2H])c([2H])c([2H])c6c5c5c([2H])c([2H])c([2H])c([2H])c5n6-c5ccccc5-c5ccccc5)c([2H])c([2H])c43)c([2H])c([2H])c([2H])c1n2-c1ccccc1. The molecule has 12 rings (SSSR count). The molecule has 0 spiro atoms. The van der Waals surface area contributed by atoms with E-state index in [2.05, 4.69) is 0 Å². The van der Waals surface area contributed by atoms with Gasteiger partial charge in [-0.3, -0.25) is 0 Å². The Kier molecular flexibility index (Phi) is 3.81. The molecule has 3 heteroatoms. The van der Waals surface area contributed by atoms with Gasteiger partial charge < -0.3 is 13.7 Å². The first-order valence-electron chi connectivity index (χ1n) is 28.4. The third-order valence-electron chi connectivity index (χ3n) is 10.3. The van der Waals surface area contributed by atoms with Gasteiger partial charge in [0.05, 0.1) is 73.3 Å². The molecular formula is C54H35N3. The highest BCUT2D eigenvalue weighted by Crippen LogP contribution is 2.44. The zero-order valence-corrected chi connectivity index (χ0v) is 29.4. The Balaban J connectivity index is 1.33. The van der Waals surface area contributed by atoms with E-state index in [1.807, 2.05) is 12.1 Å². The molecule has 0 bridgehead atoms. The van der Waals surface area contributed by atoms with Crippen LogP contribution in [0.5, 0.6) is 0 Å². The van der Waals surface area contributed by atoms with Crippen LogP contribution in [0.15, 0.2) is 212 Å². The van der Waals surface area contributed by atoms with Crippen LogP contribution in [0.2, 0.25) is 0 Å². The molecule has 57 heavy (non-hydrogen) atoms. The summed E-state index contributed by atoms with van der Waals surface area (Å²) in [4.78, 5) is 0. The van der Waals surface area contributed by atoms with Crippen molar-refractivity contribution in [1.29, 1.82) is 0 Å². The van der Waals surface area contributed by atoms with E-state index < -0.39 is 166 Å². The molecule has 0 amide bonds. The minimum absolute atomic E-state index is 0.181. The lowest BCUT2D eigenvalue weighted by Crippen LogP contribution is -1.97. The van der Waals surface area contributed by atoms with Crippen LogP contribution in [0.3, 0.4) is 0 Å². The molecule has 0 fully saturated rings. The molecule has 0 unspecified atom stereocenters. The van der Waals surface area contributed by atoms with Crippen LogP contribution in [0, 0.1) is 0 Å². The van der Waals surface area contributed by atoms with E-state index in [1.165, 1.54) is 9.13 Å². The van der Waals surface area contributed by atoms with Gasteiger partial charge >= 0.3 is 0 Å². The van der Waals surface area contributed by atoms with Crippen LogP contribution < -0.4 is 0 Å². The lowest BCUT2D eigenvalue weighted by atomic mass is 9.98. The number of fused-ring (bicyclic) bond motifs is 9. The summed E-state index contributed by atoms with van der Waals surface area (Å²) in [6.45, 7) is 0. The topological polar surface area (TPSA) is 14.8 Å². The molecule has 0 saturated carbocycles. The van der Waals surface area contributed by atoms with Gasteiger partial charge in [0, 0.05) is 43.6 Å². The predicted molar refractivity (Wildman–Crippen MR) is 240 cm³/mol. The summed E-state index contributed by atoms with van der Waals surface area (Å²) in [5.41, 5.74) is -1.62. The number of hydrogen-bond acceptors (Lipinski definition) is 0. The quantitative estimate of drug-likeness (QED) is 0.167. The molecule has 12 aromatic rings. The number of nitrogens with zero attached hydrogens (tertiary/aromatic N) is 3. The normalized spacial score (nSPS) is 17.0. The minimum Gasteiger partial charge on any atom is -0.309 e. The Morgan fingerprint density at radius 2 is 0.860 bits per heavy atom.